The van der Waals surface area contributed by atoms with Crippen LogP contribution in [0.15, 0.2) is 34.8 Å². The average molecular weight is 370 g/mol. The van der Waals surface area contributed by atoms with Gasteiger partial charge in [0.2, 0.25) is 5.88 Å². The highest BCUT2D eigenvalue weighted by Crippen LogP contribution is 2.31. The van der Waals surface area contributed by atoms with Crippen LogP contribution in [0.2, 0.25) is 5.02 Å². The van der Waals surface area contributed by atoms with Crippen molar-refractivity contribution in [3.05, 3.63) is 51.1 Å². The van der Waals surface area contributed by atoms with Crippen molar-refractivity contribution in [2.75, 3.05) is 0 Å². The predicted molar refractivity (Wildman–Crippen MR) is 90.2 cm³/mol. The Kier molecular flexibility index (Phi) is 5.62. The van der Waals surface area contributed by atoms with Gasteiger partial charge >= 0.3 is 0 Å². The van der Waals surface area contributed by atoms with Gasteiger partial charge in [-0.1, -0.05) is 41.4 Å². The highest BCUT2D eigenvalue weighted by molar-refractivity contribution is 9.10. The van der Waals surface area contributed by atoms with E-state index in [0.717, 1.165) is 22.3 Å². The Labute approximate surface area is 138 Å². The van der Waals surface area contributed by atoms with Crippen molar-refractivity contribution in [3.8, 4) is 11.6 Å². The minimum atomic E-state index is 0.434. The van der Waals surface area contributed by atoms with Crippen LogP contribution in [0.4, 0.5) is 0 Å². The van der Waals surface area contributed by atoms with E-state index in [1.165, 1.54) is 0 Å². The van der Waals surface area contributed by atoms with Crippen molar-refractivity contribution in [2.24, 2.45) is 0 Å². The molecule has 0 unspecified atom stereocenters. The summed E-state index contributed by atoms with van der Waals surface area (Å²) in [5.74, 6) is 1.15. The van der Waals surface area contributed by atoms with E-state index in [1.54, 1.807) is 6.07 Å². The van der Waals surface area contributed by atoms with E-state index in [1.807, 2.05) is 31.2 Å². The summed E-state index contributed by atoms with van der Waals surface area (Å²) in [4.78, 5) is 4.40. The maximum Gasteiger partial charge on any atom is 0.219 e. The van der Waals surface area contributed by atoms with Crippen molar-refractivity contribution in [2.45, 2.75) is 33.4 Å². The molecule has 112 valence electrons. The molecule has 0 amide bonds. The lowest BCUT2D eigenvalue weighted by molar-refractivity contribution is 0.460. The average Bonchev–Trinajstić information content (AvgIpc) is 2.39. The summed E-state index contributed by atoms with van der Waals surface area (Å²) in [6.45, 7) is 6.97. The third-order valence-corrected chi connectivity index (χ3v) is 3.60. The van der Waals surface area contributed by atoms with Crippen LogP contribution in [-0.4, -0.2) is 11.0 Å². The molecule has 1 aromatic carbocycles. The van der Waals surface area contributed by atoms with Crippen LogP contribution >= 0.6 is 27.5 Å². The molecule has 1 heterocycles. The standard InChI is InChI=1S/C16H18BrClN2O/c1-10(2)19-9-12-6-11(3)20-16(7-12)21-15-5-4-13(17)8-14(15)18/h4-8,10,19H,9H2,1-3H3. The molecule has 0 saturated carbocycles. The van der Waals surface area contributed by atoms with Gasteiger partial charge in [0.15, 0.2) is 0 Å². The Morgan fingerprint density at radius 1 is 1.29 bits per heavy atom. The lowest BCUT2D eigenvalue weighted by Crippen LogP contribution is -2.21. The third-order valence-electron chi connectivity index (χ3n) is 2.81. The molecule has 0 aliphatic rings. The van der Waals surface area contributed by atoms with Gasteiger partial charge in [0.25, 0.3) is 0 Å². The Morgan fingerprint density at radius 2 is 2.05 bits per heavy atom. The van der Waals surface area contributed by atoms with Gasteiger partial charge in [0, 0.05) is 28.8 Å². The predicted octanol–water partition coefficient (Wildman–Crippen LogP) is 5.10. The third kappa shape index (κ3) is 4.99. The number of halogens is 2. The maximum absolute atomic E-state index is 6.17. The summed E-state index contributed by atoms with van der Waals surface area (Å²) in [5, 5.41) is 3.93. The van der Waals surface area contributed by atoms with E-state index in [4.69, 9.17) is 16.3 Å². The van der Waals surface area contributed by atoms with Gasteiger partial charge in [-0.25, -0.2) is 4.98 Å². The van der Waals surface area contributed by atoms with E-state index in [-0.39, 0.29) is 0 Å². The minimum Gasteiger partial charge on any atom is -0.437 e. The van der Waals surface area contributed by atoms with Gasteiger partial charge in [0.05, 0.1) is 5.02 Å². The molecule has 0 aliphatic heterocycles. The fourth-order valence-corrected chi connectivity index (χ4v) is 2.57. The summed E-state index contributed by atoms with van der Waals surface area (Å²) in [5.41, 5.74) is 2.06. The first-order valence-corrected chi connectivity index (χ1v) is 7.95. The zero-order valence-corrected chi connectivity index (χ0v) is 14.6. The van der Waals surface area contributed by atoms with Crippen LogP contribution in [-0.2, 0) is 6.54 Å². The summed E-state index contributed by atoms with van der Waals surface area (Å²) in [6.07, 6.45) is 0. The van der Waals surface area contributed by atoms with E-state index in [9.17, 15) is 0 Å². The molecule has 3 nitrogen and oxygen atoms in total. The fraction of sp³-hybridized carbons (Fsp3) is 0.312. The van der Waals surface area contributed by atoms with Crippen molar-refractivity contribution in [1.82, 2.24) is 10.3 Å². The molecule has 0 saturated heterocycles. The molecule has 21 heavy (non-hydrogen) atoms. The molecule has 0 aliphatic carbocycles. The number of hydrogen-bond acceptors (Lipinski definition) is 3. The van der Waals surface area contributed by atoms with Crippen LogP contribution in [0, 0.1) is 6.92 Å². The van der Waals surface area contributed by atoms with Gasteiger partial charge in [0.1, 0.15) is 5.75 Å². The highest BCUT2D eigenvalue weighted by atomic mass is 79.9. The summed E-state index contributed by atoms with van der Waals surface area (Å²) in [6, 6.07) is 9.92. The quantitative estimate of drug-likeness (QED) is 0.796. The molecule has 2 aromatic rings. The van der Waals surface area contributed by atoms with Crippen molar-refractivity contribution in [1.29, 1.82) is 0 Å². The van der Waals surface area contributed by atoms with Crippen molar-refractivity contribution in [3.63, 3.8) is 0 Å². The molecule has 0 fully saturated rings. The first kappa shape index (κ1) is 16.3. The van der Waals surface area contributed by atoms with E-state index in [0.29, 0.717) is 22.7 Å². The van der Waals surface area contributed by atoms with Crippen LogP contribution < -0.4 is 10.1 Å². The van der Waals surface area contributed by atoms with Gasteiger partial charge in [-0.2, -0.15) is 0 Å². The maximum atomic E-state index is 6.17. The molecule has 0 bridgehead atoms. The topological polar surface area (TPSA) is 34.1 Å². The number of pyridine rings is 1. The van der Waals surface area contributed by atoms with Crippen LogP contribution in [0.5, 0.6) is 11.6 Å². The van der Waals surface area contributed by atoms with Crippen molar-refractivity contribution < 1.29 is 4.74 Å². The van der Waals surface area contributed by atoms with Gasteiger partial charge in [-0.05, 0) is 36.8 Å². The molecule has 0 radical (unpaired) electrons. The van der Waals surface area contributed by atoms with Crippen molar-refractivity contribution >= 4 is 27.5 Å². The molecule has 0 spiro atoms. The molecule has 5 heteroatoms. The number of nitrogens with zero attached hydrogens (tertiary/aromatic N) is 1. The summed E-state index contributed by atoms with van der Waals surface area (Å²) < 4.78 is 6.72. The SMILES string of the molecule is Cc1cc(CNC(C)C)cc(Oc2ccc(Br)cc2Cl)n1. The summed E-state index contributed by atoms with van der Waals surface area (Å²) in [7, 11) is 0. The van der Waals surface area contributed by atoms with E-state index >= 15 is 0 Å². The Bertz CT molecular complexity index is 632. The van der Waals surface area contributed by atoms with Crippen LogP contribution in [0.1, 0.15) is 25.1 Å². The zero-order chi connectivity index (χ0) is 15.4. The molecular formula is C16H18BrClN2O. The molecule has 0 atom stereocenters. The van der Waals surface area contributed by atoms with Gasteiger partial charge < -0.3 is 10.1 Å². The Balaban J connectivity index is 2.19. The number of aromatic nitrogens is 1. The van der Waals surface area contributed by atoms with Gasteiger partial charge in [-0.3, -0.25) is 0 Å². The molecule has 1 aromatic heterocycles. The second-order valence-electron chi connectivity index (χ2n) is 5.17. The van der Waals surface area contributed by atoms with Gasteiger partial charge in [-0.15, -0.1) is 0 Å². The molecular weight excluding hydrogens is 352 g/mol. The highest BCUT2D eigenvalue weighted by Gasteiger charge is 2.07. The largest absolute Gasteiger partial charge is 0.437 e. The smallest absolute Gasteiger partial charge is 0.219 e. The lowest BCUT2D eigenvalue weighted by Gasteiger charge is -2.11. The minimum absolute atomic E-state index is 0.434. The monoisotopic (exact) mass is 368 g/mol. The Morgan fingerprint density at radius 3 is 2.71 bits per heavy atom. The summed E-state index contributed by atoms with van der Waals surface area (Å²) >= 11 is 9.54. The first-order valence-electron chi connectivity index (χ1n) is 6.78. The molecule has 1 N–H and O–H groups in total. The molecule has 2 rings (SSSR count). The number of aryl methyl sites for hydroxylation is 1. The zero-order valence-electron chi connectivity index (χ0n) is 12.3. The van der Waals surface area contributed by atoms with E-state index in [2.05, 4.69) is 40.1 Å². The first-order chi connectivity index (χ1) is 9.94. The number of benzene rings is 1. The number of ether oxygens (including phenoxy) is 1. The van der Waals surface area contributed by atoms with Crippen LogP contribution in [0.3, 0.4) is 0 Å². The number of nitrogens with one attached hydrogen (secondary N) is 1. The van der Waals surface area contributed by atoms with E-state index < -0.39 is 0 Å². The second kappa shape index (κ2) is 7.25. The lowest BCUT2D eigenvalue weighted by atomic mass is 10.2. The van der Waals surface area contributed by atoms with Crippen LogP contribution in [0.25, 0.3) is 0 Å². The Hall–Kier alpha value is -1.10. The normalized spacial score (nSPS) is 11.0. The fourth-order valence-electron chi connectivity index (χ4n) is 1.85. The second-order valence-corrected chi connectivity index (χ2v) is 6.49. The number of rotatable bonds is 5. The number of hydrogen-bond donors (Lipinski definition) is 1.